The number of nitrogens with zero attached hydrogens (tertiary/aromatic N) is 2. The second-order valence-corrected chi connectivity index (χ2v) is 4.94. The lowest BCUT2D eigenvalue weighted by molar-refractivity contribution is 0.338. The highest BCUT2D eigenvalue weighted by Crippen LogP contribution is 2.44. The second-order valence-electron chi connectivity index (χ2n) is 4.94. The number of methoxy groups -OCH3 is 2. The van der Waals surface area contributed by atoms with Crippen LogP contribution in [0, 0.1) is 0 Å². The molecule has 0 spiro atoms. The quantitative estimate of drug-likeness (QED) is 0.846. The lowest BCUT2D eigenvalue weighted by Gasteiger charge is -2.20. The van der Waals surface area contributed by atoms with E-state index in [1.54, 1.807) is 14.2 Å². The molecule has 1 aliphatic heterocycles. The summed E-state index contributed by atoms with van der Waals surface area (Å²) in [5.41, 5.74) is 3.69. The van der Waals surface area contributed by atoms with E-state index in [0.717, 1.165) is 17.2 Å². The summed E-state index contributed by atoms with van der Waals surface area (Å²) in [6.45, 7) is 0. The van der Waals surface area contributed by atoms with E-state index in [1.165, 1.54) is 11.3 Å². The van der Waals surface area contributed by atoms with Gasteiger partial charge in [0.05, 0.1) is 25.9 Å². The van der Waals surface area contributed by atoms with Crippen molar-refractivity contribution in [1.82, 2.24) is 9.47 Å². The number of aromatic nitrogens is 1. The predicted molar refractivity (Wildman–Crippen MR) is 74.4 cm³/mol. The van der Waals surface area contributed by atoms with Crippen LogP contribution >= 0.6 is 0 Å². The molecule has 0 aliphatic carbocycles. The van der Waals surface area contributed by atoms with Crippen molar-refractivity contribution in [3.63, 3.8) is 0 Å². The minimum absolute atomic E-state index is 0.254. The van der Waals surface area contributed by atoms with Gasteiger partial charge in [-0.1, -0.05) is 0 Å². The van der Waals surface area contributed by atoms with Crippen molar-refractivity contribution in [3.8, 4) is 17.2 Å². The summed E-state index contributed by atoms with van der Waals surface area (Å²) in [4.78, 5) is 2.21. The van der Waals surface area contributed by atoms with Crippen molar-refractivity contribution in [2.45, 2.75) is 6.04 Å². The number of hydrogen-bond acceptors (Lipinski definition) is 3. The third-order valence-corrected chi connectivity index (χ3v) is 3.66. The van der Waals surface area contributed by atoms with E-state index in [9.17, 15) is 0 Å². The Morgan fingerprint density at radius 3 is 2.42 bits per heavy atom. The third kappa shape index (κ3) is 1.64. The van der Waals surface area contributed by atoms with Gasteiger partial charge in [0, 0.05) is 23.5 Å². The van der Waals surface area contributed by atoms with Gasteiger partial charge in [0.1, 0.15) is 0 Å². The lowest BCUT2D eigenvalue weighted by atomic mass is 10.0. The molecule has 1 aliphatic rings. The zero-order valence-corrected chi connectivity index (χ0v) is 11.7. The first kappa shape index (κ1) is 12.1. The highest BCUT2D eigenvalue weighted by atomic mass is 16.5. The van der Waals surface area contributed by atoms with Gasteiger partial charge in [0.25, 0.3) is 0 Å². The van der Waals surface area contributed by atoms with Gasteiger partial charge >= 0.3 is 0 Å². The first-order valence-electron chi connectivity index (χ1n) is 6.27. The third-order valence-electron chi connectivity index (χ3n) is 3.66. The first-order valence-corrected chi connectivity index (χ1v) is 6.27. The standard InChI is InChI=1S/C15H18N2O2/c1-16(2)15-10-8-13(18-3)14(19-4)9-12(10)17-7-5-6-11(15)17/h5-9,15H,1-4H3. The number of ether oxygens (including phenoxy) is 2. The molecule has 0 radical (unpaired) electrons. The maximum absolute atomic E-state index is 5.41. The summed E-state index contributed by atoms with van der Waals surface area (Å²) >= 11 is 0. The lowest BCUT2D eigenvalue weighted by Crippen LogP contribution is -2.19. The summed E-state index contributed by atoms with van der Waals surface area (Å²) < 4.78 is 13.0. The monoisotopic (exact) mass is 258 g/mol. The fourth-order valence-electron chi connectivity index (χ4n) is 2.85. The van der Waals surface area contributed by atoms with E-state index in [0.29, 0.717) is 0 Å². The molecule has 0 N–H and O–H groups in total. The van der Waals surface area contributed by atoms with Gasteiger partial charge in [-0.3, -0.25) is 4.90 Å². The molecule has 1 unspecified atom stereocenters. The normalized spacial score (nSPS) is 16.4. The molecule has 1 atom stereocenters. The maximum atomic E-state index is 5.41. The summed E-state index contributed by atoms with van der Waals surface area (Å²) in [5.74, 6) is 1.54. The molecular weight excluding hydrogens is 240 g/mol. The number of benzene rings is 1. The fourth-order valence-corrected chi connectivity index (χ4v) is 2.85. The Labute approximate surface area is 113 Å². The molecule has 100 valence electrons. The Bertz CT molecular complexity index is 617. The van der Waals surface area contributed by atoms with E-state index >= 15 is 0 Å². The van der Waals surface area contributed by atoms with Crippen LogP contribution in [0.15, 0.2) is 30.5 Å². The van der Waals surface area contributed by atoms with Crippen molar-refractivity contribution < 1.29 is 9.47 Å². The predicted octanol–water partition coefficient (Wildman–Crippen LogP) is 2.46. The van der Waals surface area contributed by atoms with Crippen LogP contribution in [0.2, 0.25) is 0 Å². The number of rotatable bonds is 3. The zero-order valence-electron chi connectivity index (χ0n) is 11.7. The summed E-state index contributed by atoms with van der Waals surface area (Å²) in [6, 6.07) is 8.60. The molecule has 4 heteroatoms. The Hall–Kier alpha value is -1.94. The van der Waals surface area contributed by atoms with Crippen molar-refractivity contribution >= 4 is 0 Å². The summed E-state index contributed by atoms with van der Waals surface area (Å²) in [7, 11) is 7.52. The van der Waals surface area contributed by atoms with Crippen LogP contribution in [0.5, 0.6) is 11.5 Å². The van der Waals surface area contributed by atoms with Crippen LogP contribution < -0.4 is 9.47 Å². The molecule has 2 heterocycles. The molecule has 0 saturated carbocycles. The van der Waals surface area contributed by atoms with Crippen LogP contribution in [0.4, 0.5) is 0 Å². The average Bonchev–Trinajstić information content (AvgIpc) is 2.96. The molecule has 0 saturated heterocycles. The smallest absolute Gasteiger partial charge is 0.162 e. The molecule has 0 amide bonds. The minimum Gasteiger partial charge on any atom is -0.493 e. The van der Waals surface area contributed by atoms with E-state index in [2.05, 4.69) is 48.0 Å². The van der Waals surface area contributed by atoms with Crippen LogP contribution in [-0.2, 0) is 0 Å². The molecule has 2 aromatic rings. The molecule has 4 nitrogen and oxygen atoms in total. The molecule has 19 heavy (non-hydrogen) atoms. The highest BCUT2D eigenvalue weighted by Gasteiger charge is 2.31. The van der Waals surface area contributed by atoms with Crippen molar-refractivity contribution in [1.29, 1.82) is 0 Å². The molecule has 0 fully saturated rings. The van der Waals surface area contributed by atoms with E-state index < -0.39 is 0 Å². The van der Waals surface area contributed by atoms with E-state index in [1.807, 2.05) is 6.07 Å². The average molecular weight is 258 g/mol. The van der Waals surface area contributed by atoms with Gasteiger partial charge in [-0.05, 0) is 32.3 Å². The van der Waals surface area contributed by atoms with Gasteiger partial charge in [-0.25, -0.2) is 0 Å². The van der Waals surface area contributed by atoms with E-state index in [4.69, 9.17) is 9.47 Å². The molecule has 0 bridgehead atoms. The van der Waals surface area contributed by atoms with Crippen molar-refractivity contribution in [2.75, 3.05) is 28.3 Å². The van der Waals surface area contributed by atoms with Gasteiger partial charge in [0.15, 0.2) is 11.5 Å². The minimum atomic E-state index is 0.254. The highest BCUT2D eigenvalue weighted by molar-refractivity contribution is 5.61. The Morgan fingerprint density at radius 1 is 1.11 bits per heavy atom. The molecule has 1 aromatic carbocycles. The second kappa shape index (κ2) is 4.31. The number of hydrogen-bond donors (Lipinski definition) is 0. The van der Waals surface area contributed by atoms with Gasteiger partial charge < -0.3 is 14.0 Å². The summed E-state index contributed by atoms with van der Waals surface area (Å²) in [5, 5.41) is 0. The number of fused-ring (bicyclic) bond motifs is 3. The van der Waals surface area contributed by atoms with Crippen LogP contribution in [-0.4, -0.2) is 37.8 Å². The molecule has 1 aromatic heterocycles. The largest absolute Gasteiger partial charge is 0.493 e. The zero-order chi connectivity index (χ0) is 13.6. The van der Waals surface area contributed by atoms with Crippen molar-refractivity contribution in [2.24, 2.45) is 0 Å². The van der Waals surface area contributed by atoms with Gasteiger partial charge in [-0.15, -0.1) is 0 Å². The van der Waals surface area contributed by atoms with Gasteiger partial charge in [-0.2, -0.15) is 0 Å². The Balaban J connectivity index is 2.24. The van der Waals surface area contributed by atoms with Crippen LogP contribution in [0.1, 0.15) is 17.3 Å². The van der Waals surface area contributed by atoms with Crippen LogP contribution in [0.25, 0.3) is 5.69 Å². The Morgan fingerprint density at radius 2 is 1.79 bits per heavy atom. The Kier molecular flexibility index (Phi) is 2.75. The van der Waals surface area contributed by atoms with Crippen molar-refractivity contribution in [3.05, 3.63) is 41.7 Å². The SMILES string of the molecule is COc1cc2c(cc1OC)-n1cccc1C2N(C)C. The molecular formula is C15H18N2O2. The first-order chi connectivity index (χ1) is 9.17. The van der Waals surface area contributed by atoms with Gasteiger partial charge in [0.2, 0.25) is 0 Å². The van der Waals surface area contributed by atoms with E-state index in [-0.39, 0.29) is 6.04 Å². The van der Waals surface area contributed by atoms with Crippen LogP contribution in [0.3, 0.4) is 0 Å². The maximum Gasteiger partial charge on any atom is 0.162 e. The fraction of sp³-hybridized carbons (Fsp3) is 0.333. The molecule has 3 rings (SSSR count). The summed E-state index contributed by atoms with van der Waals surface area (Å²) in [6.07, 6.45) is 2.09. The topological polar surface area (TPSA) is 26.6 Å².